The second-order valence-electron chi connectivity index (χ2n) is 14.2. The van der Waals surface area contributed by atoms with E-state index in [0.717, 1.165) is 38.9 Å². The first-order valence-corrected chi connectivity index (χ1v) is 19.6. The number of alkyl carbamates (subject to hydrolysis) is 1. The average Bonchev–Trinajstić information content (AvgIpc) is 3.62. The van der Waals surface area contributed by atoms with Crippen LogP contribution < -0.4 is 25.4 Å². The number of rotatable bonds is 16. The van der Waals surface area contributed by atoms with Crippen LogP contribution in [0, 0.1) is 0 Å². The maximum atomic E-state index is 14.5. The summed E-state index contributed by atoms with van der Waals surface area (Å²) in [5.74, 6) is -1.23. The van der Waals surface area contributed by atoms with Crippen LogP contribution in [0.2, 0.25) is 0 Å². The second-order valence-corrected chi connectivity index (χ2v) is 14.2. The van der Waals surface area contributed by atoms with E-state index in [4.69, 9.17) is 18.9 Å². The summed E-state index contributed by atoms with van der Waals surface area (Å²) in [6.45, 7) is -0.456. The van der Waals surface area contributed by atoms with Gasteiger partial charge in [0.15, 0.2) is 6.61 Å². The third-order valence-electron chi connectivity index (χ3n) is 10.5. The minimum Gasteiger partial charge on any atom is -0.496 e. The number of carbonyl (C=O) groups excluding carboxylic acids is 4. The van der Waals surface area contributed by atoms with Gasteiger partial charge < -0.3 is 34.9 Å². The molecule has 0 unspecified atom stereocenters. The Morgan fingerprint density at radius 1 is 0.650 bits per heavy atom. The minimum atomic E-state index is -1.46. The summed E-state index contributed by atoms with van der Waals surface area (Å²) in [6, 6.07) is 48.0. The molecule has 7 rings (SSSR count). The minimum absolute atomic E-state index is 0.00150. The van der Waals surface area contributed by atoms with Gasteiger partial charge in [-0.2, -0.15) is 0 Å². The number of carbonyl (C=O) groups is 4. The number of hydrogen-bond donors (Lipinski definition) is 3. The molecule has 0 radical (unpaired) electrons. The lowest BCUT2D eigenvalue weighted by Gasteiger charge is -2.37. The van der Waals surface area contributed by atoms with E-state index in [2.05, 4.69) is 16.0 Å². The van der Waals surface area contributed by atoms with Crippen LogP contribution in [0.1, 0.15) is 45.7 Å². The molecule has 6 aromatic carbocycles. The van der Waals surface area contributed by atoms with Crippen LogP contribution in [0.15, 0.2) is 158 Å². The highest BCUT2D eigenvalue weighted by molar-refractivity contribution is 5.89. The standard InChI is InChI=1S/C49H45N3O8/c1-50-46(54)32-58-37-27-26-33(44(28-37)57-2)30-59-47(55)43(51-48(56)60-31-42-40-24-14-12-22-38(40)39-23-13-15-25-41(39)42)29-45(53)52-49(34-16-6-3-7-17-34,35-18-8-4-9-19-35)36-20-10-5-11-21-36/h3-28,42-43H,29-32H2,1-2H3,(H,50,54)(H,51,56)(H,52,53)/t43-/m0/s1. The first kappa shape index (κ1) is 40.8. The fraction of sp³-hybridized carbons (Fsp3) is 0.184. The number of amides is 3. The van der Waals surface area contributed by atoms with Crippen molar-refractivity contribution in [3.63, 3.8) is 0 Å². The van der Waals surface area contributed by atoms with Gasteiger partial charge in [0.2, 0.25) is 5.91 Å². The van der Waals surface area contributed by atoms with Gasteiger partial charge in [0.25, 0.3) is 5.91 Å². The molecule has 3 N–H and O–H groups in total. The van der Waals surface area contributed by atoms with Gasteiger partial charge in [-0.15, -0.1) is 0 Å². The van der Waals surface area contributed by atoms with E-state index in [9.17, 15) is 19.2 Å². The third-order valence-corrected chi connectivity index (χ3v) is 10.5. The smallest absolute Gasteiger partial charge is 0.407 e. The summed E-state index contributed by atoms with van der Waals surface area (Å²) >= 11 is 0. The highest BCUT2D eigenvalue weighted by Crippen LogP contribution is 2.44. The molecule has 0 fully saturated rings. The first-order valence-electron chi connectivity index (χ1n) is 19.6. The van der Waals surface area contributed by atoms with Crippen molar-refractivity contribution in [2.75, 3.05) is 27.4 Å². The lowest BCUT2D eigenvalue weighted by Crippen LogP contribution is -2.51. The molecule has 1 atom stereocenters. The Morgan fingerprint density at radius 2 is 1.18 bits per heavy atom. The van der Waals surface area contributed by atoms with E-state index in [1.165, 1.54) is 14.2 Å². The van der Waals surface area contributed by atoms with Crippen LogP contribution in [0.25, 0.3) is 11.1 Å². The molecule has 0 aliphatic heterocycles. The Morgan fingerprint density at radius 3 is 1.72 bits per heavy atom. The van der Waals surface area contributed by atoms with Gasteiger partial charge in [-0.25, -0.2) is 9.59 Å². The van der Waals surface area contributed by atoms with Crippen molar-refractivity contribution in [2.45, 2.75) is 30.5 Å². The van der Waals surface area contributed by atoms with Gasteiger partial charge in [-0.3, -0.25) is 9.59 Å². The molecule has 0 saturated carbocycles. The predicted octanol–water partition coefficient (Wildman–Crippen LogP) is 7.27. The summed E-state index contributed by atoms with van der Waals surface area (Å²) in [4.78, 5) is 53.9. The largest absolute Gasteiger partial charge is 0.496 e. The number of nitrogens with one attached hydrogen (secondary N) is 3. The second kappa shape index (κ2) is 18.9. The monoisotopic (exact) mass is 803 g/mol. The summed E-state index contributed by atoms with van der Waals surface area (Å²) < 4.78 is 22.7. The summed E-state index contributed by atoms with van der Waals surface area (Å²) in [7, 11) is 2.96. The predicted molar refractivity (Wildman–Crippen MR) is 226 cm³/mol. The number of fused-ring (bicyclic) bond motifs is 3. The zero-order chi connectivity index (χ0) is 41.9. The van der Waals surface area contributed by atoms with E-state index in [1.807, 2.05) is 140 Å². The molecule has 0 aromatic heterocycles. The molecule has 11 nitrogen and oxygen atoms in total. The normalized spacial score (nSPS) is 12.2. The Labute approximate surface area is 348 Å². The molecule has 304 valence electrons. The van der Waals surface area contributed by atoms with Crippen LogP contribution >= 0.6 is 0 Å². The van der Waals surface area contributed by atoms with Crippen LogP contribution in [0.3, 0.4) is 0 Å². The van der Waals surface area contributed by atoms with Gasteiger partial charge in [-0.05, 0) is 51.1 Å². The SMILES string of the molecule is CNC(=O)COc1ccc(COC(=O)[C@H](CC(=O)NC(c2ccccc2)(c2ccccc2)c2ccccc2)NC(=O)OCC2c3ccccc3-c3ccccc32)c(OC)c1. The Bertz CT molecular complexity index is 2300. The number of benzene rings is 6. The van der Waals surface area contributed by atoms with Crippen molar-refractivity contribution < 1.29 is 38.1 Å². The van der Waals surface area contributed by atoms with Crippen LogP contribution in [0.5, 0.6) is 11.5 Å². The van der Waals surface area contributed by atoms with Gasteiger partial charge in [0.1, 0.15) is 36.3 Å². The highest BCUT2D eigenvalue weighted by atomic mass is 16.6. The number of likely N-dealkylation sites (N-methyl/N-ethyl adjacent to an activating group) is 1. The highest BCUT2D eigenvalue weighted by Gasteiger charge is 2.39. The van der Waals surface area contributed by atoms with Crippen molar-refractivity contribution in [1.29, 1.82) is 0 Å². The Balaban J connectivity index is 1.14. The first-order chi connectivity index (χ1) is 29.3. The molecular formula is C49H45N3O8. The molecule has 0 bridgehead atoms. The molecular weight excluding hydrogens is 759 g/mol. The number of methoxy groups -OCH3 is 1. The average molecular weight is 804 g/mol. The van der Waals surface area contributed by atoms with Crippen molar-refractivity contribution in [3.05, 3.63) is 191 Å². The molecule has 60 heavy (non-hydrogen) atoms. The van der Waals surface area contributed by atoms with Crippen molar-refractivity contribution in [2.24, 2.45) is 0 Å². The third kappa shape index (κ3) is 9.00. The van der Waals surface area contributed by atoms with E-state index >= 15 is 0 Å². The molecule has 6 aromatic rings. The number of hydrogen-bond acceptors (Lipinski definition) is 8. The molecule has 3 amide bonds. The lowest BCUT2D eigenvalue weighted by atomic mass is 9.77. The van der Waals surface area contributed by atoms with Gasteiger partial charge in [0.05, 0.1) is 13.5 Å². The quantitative estimate of drug-likeness (QED) is 0.0686. The fourth-order valence-electron chi connectivity index (χ4n) is 7.61. The maximum absolute atomic E-state index is 14.5. The van der Waals surface area contributed by atoms with Crippen molar-refractivity contribution in [1.82, 2.24) is 16.0 Å². The van der Waals surface area contributed by atoms with E-state index in [-0.39, 0.29) is 31.6 Å². The molecule has 11 heteroatoms. The fourth-order valence-corrected chi connectivity index (χ4v) is 7.61. The zero-order valence-electron chi connectivity index (χ0n) is 33.3. The number of esters is 1. The van der Waals surface area contributed by atoms with E-state index in [1.54, 1.807) is 18.2 Å². The number of ether oxygens (including phenoxy) is 4. The zero-order valence-corrected chi connectivity index (χ0v) is 33.3. The van der Waals surface area contributed by atoms with Gasteiger partial charge in [0, 0.05) is 24.6 Å². The lowest BCUT2D eigenvalue weighted by molar-refractivity contribution is -0.149. The van der Waals surface area contributed by atoms with E-state index < -0.39 is 36.0 Å². The summed E-state index contributed by atoms with van der Waals surface area (Å²) in [6.07, 6.45) is -1.37. The molecule has 0 heterocycles. The van der Waals surface area contributed by atoms with Crippen molar-refractivity contribution >= 4 is 23.9 Å². The topological polar surface area (TPSA) is 141 Å². The molecule has 0 saturated heterocycles. The molecule has 1 aliphatic carbocycles. The van der Waals surface area contributed by atoms with Crippen molar-refractivity contribution in [3.8, 4) is 22.6 Å². The molecule has 0 spiro atoms. The van der Waals surface area contributed by atoms with Crippen LogP contribution in [-0.2, 0) is 36.0 Å². The van der Waals surface area contributed by atoms with Crippen LogP contribution in [-0.4, -0.2) is 57.3 Å². The Kier molecular flexibility index (Phi) is 12.8. The summed E-state index contributed by atoms with van der Waals surface area (Å²) in [5, 5.41) is 8.40. The summed E-state index contributed by atoms with van der Waals surface area (Å²) in [5.41, 5.74) is 5.87. The van der Waals surface area contributed by atoms with Gasteiger partial charge in [-0.1, -0.05) is 140 Å². The maximum Gasteiger partial charge on any atom is 0.407 e. The van der Waals surface area contributed by atoms with Gasteiger partial charge >= 0.3 is 12.1 Å². The van der Waals surface area contributed by atoms with E-state index in [0.29, 0.717) is 17.1 Å². The molecule has 1 aliphatic rings. The Hall–Kier alpha value is -7.40. The van der Waals surface area contributed by atoms with Crippen LogP contribution in [0.4, 0.5) is 4.79 Å².